The maximum atomic E-state index is 11.8. The molecule has 0 radical (unpaired) electrons. The first kappa shape index (κ1) is 13.9. The average Bonchev–Trinajstić information content (AvgIpc) is 2.57. The van der Waals surface area contributed by atoms with Crippen LogP contribution in [0, 0.1) is 19.3 Å². The monoisotopic (exact) mass is 297 g/mol. The Morgan fingerprint density at radius 1 is 1.71 bits per heavy atom. The second-order valence-corrected chi connectivity index (χ2v) is 4.61. The summed E-state index contributed by atoms with van der Waals surface area (Å²) in [6, 6.07) is -0.590. The molecule has 1 aromatic heterocycles. The average molecular weight is 298 g/mol. The Kier molecular flexibility index (Phi) is 4.91. The number of rotatable bonds is 5. The van der Waals surface area contributed by atoms with Crippen LogP contribution < -0.4 is 5.73 Å². The molecule has 2 N–H and O–H groups in total. The van der Waals surface area contributed by atoms with Crippen LogP contribution in [-0.2, 0) is 17.8 Å². The second-order valence-electron chi connectivity index (χ2n) is 3.82. The molecule has 0 bridgehead atoms. The van der Waals surface area contributed by atoms with Gasteiger partial charge in [0.1, 0.15) is 0 Å². The summed E-state index contributed by atoms with van der Waals surface area (Å²) in [5.74, 6) is 2.35. The summed E-state index contributed by atoms with van der Waals surface area (Å²) in [7, 11) is 0. The number of aromatic nitrogens is 2. The largest absolute Gasteiger partial charge is 0.321 e. The van der Waals surface area contributed by atoms with Gasteiger partial charge in [-0.15, -0.1) is 12.3 Å². The van der Waals surface area contributed by atoms with Crippen molar-refractivity contribution in [1.29, 1.82) is 0 Å². The van der Waals surface area contributed by atoms with E-state index in [0.29, 0.717) is 0 Å². The fraction of sp³-hybridized carbons (Fsp3) is 0.500. The quantitative estimate of drug-likeness (QED) is 0.837. The summed E-state index contributed by atoms with van der Waals surface area (Å²) in [6.07, 6.45) is 5.68. The van der Waals surface area contributed by atoms with Crippen LogP contribution in [0.5, 0.6) is 0 Å². The van der Waals surface area contributed by atoms with Gasteiger partial charge < -0.3 is 5.73 Å². The van der Waals surface area contributed by atoms with E-state index in [4.69, 9.17) is 12.2 Å². The summed E-state index contributed by atoms with van der Waals surface area (Å²) >= 11 is 3.44. The van der Waals surface area contributed by atoms with Crippen molar-refractivity contribution in [3.05, 3.63) is 15.9 Å². The van der Waals surface area contributed by atoms with E-state index in [0.717, 1.165) is 22.4 Å². The predicted octanol–water partition coefficient (Wildman–Crippen LogP) is 1.44. The highest BCUT2D eigenvalue weighted by Crippen LogP contribution is 2.21. The van der Waals surface area contributed by atoms with Crippen molar-refractivity contribution in [3.8, 4) is 12.3 Å². The minimum atomic E-state index is -0.590. The minimum absolute atomic E-state index is 0.0572. The topological polar surface area (TPSA) is 60.9 Å². The van der Waals surface area contributed by atoms with Crippen LogP contribution in [-0.4, -0.2) is 21.6 Å². The van der Waals surface area contributed by atoms with Crippen LogP contribution in [0.2, 0.25) is 0 Å². The lowest BCUT2D eigenvalue weighted by atomic mass is 10.1. The van der Waals surface area contributed by atoms with Crippen molar-refractivity contribution in [1.82, 2.24) is 9.78 Å². The zero-order valence-electron chi connectivity index (χ0n) is 10.0. The zero-order valence-corrected chi connectivity index (χ0v) is 11.6. The Bertz CT molecular complexity index is 459. The molecule has 1 heterocycles. The van der Waals surface area contributed by atoms with Crippen LogP contribution in [0.3, 0.4) is 0 Å². The molecule has 0 saturated heterocycles. The molecule has 0 aliphatic rings. The highest BCUT2D eigenvalue weighted by molar-refractivity contribution is 9.10. The lowest BCUT2D eigenvalue weighted by Crippen LogP contribution is -2.32. The third-order valence-corrected chi connectivity index (χ3v) is 3.58. The van der Waals surface area contributed by atoms with Crippen LogP contribution in [0.25, 0.3) is 0 Å². The number of ketones is 1. The molecular weight excluding hydrogens is 282 g/mol. The second kappa shape index (κ2) is 5.99. The molecule has 17 heavy (non-hydrogen) atoms. The Morgan fingerprint density at radius 3 is 2.88 bits per heavy atom. The molecule has 92 valence electrons. The van der Waals surface area contributed by atoms with E-state index < -0.39 is 6.04 Å². The molecule has 0 aliphatic heterocycles. The van der Waals surface area contributed by atoms with Crippen molar-refractivity contribution in [2.45, 2.75) is 39.3 Å². The summed E-state index contributed by atoms with van der Waals surface area (Å²) in [4.78, 5) is 11.8. The van der Waals surface area contributed by atoms with Crippen LogP contribution in [0.4, 0.5) is 0 Å². The SMILES string of the molecule is C#CCC(N)C(=O)Cc1c(Br)c(C)nn1CC. The third kappa shape index (κ3) is 3.18. The number of nitrogens with two attached hydrogens (primary N) is 1. The first-order valence-electron chi connectivity index (χ1n) is 5.44. The maximum Gasteiger partial charge on any atom is 0.156 e. The van der Waals surface area contributed by atoms with E-state index in [-0.39, 0.29) is 18.6 Å². The first-order chi connectivity index (χ1) is 8.01. The summed E-state index contributed by atoms with van der Waals surface area (Å²) in [6.45, 7) is 4.60. The lowest BCUT2D eigenvalue weighted by molar-refractivity contribution is -0.119. The molecule has 1 unspecified atom stereocenters. The molecule has 0 spiro atoms. The van der Waals surface area contributed by atoms with Crippen molar-refractivity contribution in [2.24, 2.45) is 5.73 Å². The molecule has 1 rings (SSSR count). The van der Waals surface area contributed by atoms with E-state index >= 15 is 0 Å². The van der Waals surface area contributed by atoms with Gasteiger partial charge in [0.15, 0.2) is 5.78 Å². The number of terminal acetylenes is 1. The zero-order chi connectivity index (χ0) is 13.0. The van der Waals surface area contributed by atoms with E-state index in [9.17, 15) is 4.79 Å². The molecule has 4 nitrogen and oxygen atoms in total. The maximum absolute atomic E-state index is 11.8. The fourth-order valence-electron chi connectivity index (χ4n) is 1.57. The molecule has 0 amide bonds. The molecule has 1 atom stereocenters. The molecule has 1 aromatic rings. The number of halogens is 1. The number of aryl methyl sites for hydroxylation is 2. The Labute approximate surface area is 110 Å². The van der Waals surface area contributed by atoms with Crippen LogP contribution >= 0.6 is 15.9 Å². The lowest BCUT2D eigenvalue weighted by Gasteiger charge is -2.08. The van der Waals surface area contributed by atoms with E-state index in [1.807, 2.05) is 13.8 Å². The van der Waals surface area contributed by atoms with Crippen molar-refractivity contribution in [3.63, 3.8) is 0 Å². The summed E-state index contributed by atoms with van der Waals surface area (Å²) in [5, 5.41) is 4.32. The number of carbonyl (C=O) groups is 1. The summed E-state index contributed by atoms with van der Waals surface area (Å²) < 4.78 is 2.68. The normalized spacial score (nSPS) is 12.2. The molecule has 0 saturated carbocycles. The van der Waals surface area contributed by atoms with E-state index in [2.05, 4.69) is 26.9 Å². The van der Waals surface area contributed by atoms with Crippen molar-refractivity contribution in [2.75, 3.05) is 0 Å². The van der Waals surface area contributed by atoms with Gasteiger partial charge in [0.2, 0.25) is 0 Å². The number of hydrogen-bond acceptors (Lipinski definition) is 3. The van der Waals surface area contributed by atoms with Gasteiger partial charge in [0.05, 0.1) is 28.3 Å². The summed E-state index contributed by atoms with van der Waals surface area (Å²) in [5.41, 5.74) is 7.43. The van der Waals surface area contributed by atoms with Crippen molar-refractivity contribution < 1.29 is 4.79 Å². The van der Waals surface area contributed by atoms with Gasteiger partial charge >= 0.3 is 0 Å². The predicted molar refractivity (Wildman–Crippen MR) is 70.5 cm³/mol. The van der Waals surface area contributed by atoms with Gasteiger partial charge in [0.25, 0.3) is 0 Å². The van der Waals surface area contributed by atoms with Gasteiger partial charge in [0, 0.05) is 13.0 Å². The third-order valence-electron chi connectivity index (χ3n) is 2.55. The van der Waals surface area contributed by atoms with E-state index in [1.54, 1.807) is 4.68 Å². The van der Waals surface area contributed by atoms with E-state index in [1.165, 1.54) is 0 Å². The highest BCUT2D eigenvalue weighted by Gasteiger charge is 2.19. The van der Waals surface area contributed by atoms with Gasteiger partial charge in [-0.25, -0.2) is 0 Å². The number of Topliss-reactive ketones (excluding diaryl/α,β-unsaturated/α-hetero) is 1. The van der Waals surface area contributed by atoms with Gasteiger partial charge in [-0.3, -0.25) is 9.48 Å². The van der Waals surface area contributed by atoms with Crippen LogP contribution in [0.1, 0.15) is 24.7 Å². The molecule has 5 heteroatoms. The van der Waals surface area contributed by atoms with Crippen LogP contribution in [0.15, 0.2) is 4.47 Å². The molecule has 0 aromatic carbocycles. The number of carbonyl (C=O) groups excluding carboxylic acids is 1. The smallest absolute Gasteiger partial charge is 0.156 e. The van der Waals surface area contributed by atoms with Gasteiger partial charge in [-0.1, -0.05) is 0 Å². The van der Waals surface area contributed by atoms with Crippen molar-refractivity contribution >= 4 is 21.7 Å². The first-order valence-corrected chi connectivity index (χ1v) is 6.24. The minimum Gasteiger partial charge on any atom is -0.321 e. The highest BCUT2D eigenvalue weighted by atomic mass is 79.9. The standard InChI is InChI=1S/C12H16BrN3O/c1-4-6-9(14)11(17)7-10-12(13)8(3)15-16(10)5-2/h1,9H,5-7,14H2,2-3H3. The number of nitrogens with zero attached hydrogens (tertiary/aromatic N) is 2. The Morgan fingerprint density at radius 2 is 2.35 bits per heavy atom. The van der Waals surface area contributed by atoms with Gasteiger partial charge in [-0.2, -0.15) is 5.10 Å². The molecule has 0 aliphatic carbocycles. The fourth-order valence-corrected chi connectivity index (χ4v) is 2.00. The Balaban J connectivity index is 2.88. The Hall–Kier alpha value is -1.12. The number of hydrogen-bond donors (Lipinski definition) is 1. The molecular formula is C12H16BrN3O. The molecule has 0 fully saturated rings. The van der Waals surface area contributed by atoms with Gasteiger partial charge in [-0.05, 0) is 29.8 Å².